The van der Waals surface area contributed by atoms with E-state index in [9.17, 15) is 13.2 Å². The molecule has 2 aliphatic rings. The van der Waals surface area contributed by atoms with Crippen molar-refractivity contribution in [1.82, 2.24) is 18.7 Å². The molecule has 0 N–H and O–H groups in total. The number of pyridine rings is 1. The number of aryl methyl sites for hydroxylation is 1. The normalized spacial score (nSPS) is 18.1. The Labute approximate surface area is 193 Å². The summed E-state index contributed by atoms with van der Waals surface area (Å²) in [7, 11) is -1.38. The molecule has 176 valence electrons. The van der Waals surface area contributed by atoms with Crippen LogP contribution in [0.3, 0.4) is 0 Å². The molecule has 0 bridgehead atoms. The highest BCUT2D eigenvalue weighted by atomic mass is 32.2. The largest absolute Gasteiger partial charge is 0.493 e. The monoisotopic (exact) mass is 470 g/mol. The van der Waals surface area contributed by atoms with Gasteiger partial charge in [0.25, 0.3) is 5.56 Å². The molecule has 3 aromatic rings. The third-order valence-electron chi connectivity index (χ3n) is 6.73. The number of ether oxygens (including phenoxy) is 1. The van der Waals surface area contributed by atoms with Crippen LogP contribution in [0.15, 0.2) is 41.5 Å². The minimum Gasteiger partial charge on any atom is -0.493 e. The van der Waals surface area contributed by atoms with E-state index in [-0.39, 0.29) is 5.56 Å². The van der Waals surface area contributed by atoms with E-state index in [4.69, 9.17) is 9.84 Å². The number of sulfonamides is 1. The molecule has 2 aromatic heterocycles. The van der Waals surface area contributed by atoms with Crippen LogP contribution in [0, 0.1) is 11.8 Å². The summed E-state index contributed by atoms with van der Waals surface area (Å²) in [5, 5.41) is 5.40. The van der Waals surface area contributed by atoms with E-state index < -0.39 is 10.0 Å². The Kier molecular flexibility index (Phi) is 5.78. The van der Waals surface area contributed by atoms with Crippen LogP contribution in [0.4, 0.5) is 0 Å². The van der Waals surface area contributed by atoms with Crippen molar-refractivity contribution in [2.75, 3.05) is 26.0 Å². The Bertz CT molecular complexity index is 1330. The number of hydrogen-bond donors (Lipinski definition) is 0. The van der Waals surface area contributed by atoms with Gasteiger partial charge in [-0.1, -0.05) is 18.2 Å². The van der Waals surface area contributed by atoms with Crippen molar-refractivity contribution >= 4 is 20.9 Å². The molecule has 33 heavy (non-hydrogen) atoms. The first-order valence-electron chi connectivity index (χ1n) is 11.5. The van der Waals surface area contributed by atoms with Gasteiger partial charge in [-0.2, -0.15) is 5.10 Å². The number of nitrogens with zero attached hydrogens (tertiary/aromatic N) is 4. The number of hydrogen-bond acceptors (Lipinski definition) is 5. The number of aromatic nitrogens is 3. The molecule has 0 unspecified atom stereocenters. The van der Waals surface area contributed by atoms with Crippen LogP contribution in [-0.4, -0.2) is 53.0 Å². The Morgan fingerprint density at radius 2 is 1.76 bits per heavy atom. The molecule has 0 atom stereocenters. The number of para-hydroxylation sites is 1. The summed E-state index contributed by atoms with van der Waals surface area (Å²) in [6, 6.07) is 7.93. The number of fused-ring (bicyclic) bond motifs is 1. The molecule has 9 heteroatoms. The summed E-state index contributed by atoms with van der Waals surface area (Å²) >= 11 is 0. The van der Waals surface area contributed by atoms with Crippen LogP contribution < -0.4 is 10.3 Å². The molecular formula is C24H30N4O4S. The predicted octanol–water partition coefficient (Wildman–Crippen LogP) is 2.86. The van der Waals surface area contributed by atoms with Crippen LogP contribution in [0.5, 0.6) is 5.75 Å². The summed E-state index contributed by atoms with van der Waals surface area (Å²) in [4.78, 5) is 12.9. The fourth-order valence-electron chi connectivity index (χ4n) is 4.57. The second-order valence-electron chi connectivity index (χ2n) is 9.43. The van der Waals surface area contributed by atoms with Gasteiger partial charge in [0.05, 0.1) is 18.2 Å². The van der Waals surface area contributed by atoms with Gasteiger partial charge < -0.3 is 9.30 Å². The van der Waals surface area contributed by atoms with Crippen LogP contribution in [0.1, 0.15) is 25.7 Å². The van der Waals surface area contributed by atoms with Crippen molar-refractivity contribution < 1.29 is 13.2 Å². The van der Waals surface area contributed by atoms with E-state index in [2.05, 4.69) is 0 Å². The number of benzene rings is 1. The maximum atomic E-state index is 12.9. The van der Waals surface area contributed by atoms with Crippen molar-refractivity contribution in [2.24, 2.45) is 18.9 Å². The lowest BCUT2D eigenvalue weighted by molar-refractivity contribution is 0.248. The maximum absolute atomic E-state index is 12.9. The van der Waals surface area contributed by atoms with E-state index in [1.165, 1.54) is 23.4 Å². The summed E-state index contributed by atoms with van der Waals surface area (Å²) in [6.45, 7) is 2.44. The van der Waals surface area contributed by atoms with Crippen molar-refractivity contribution in [1.29, 1.82) is 0 Å². The Balaban J connectivity index is 1.45. The molecule has 1 aromatic carbocycles. The second kappa shape index (κ2) is 8.61. The van der Waals surface area contributed by atoms with Gasteiger partial charge in [-0.3, -0.25) is 9.48 Å². The SMILES string of the molecule is Cn1cc(-c2ccccc2OCC2CC2)c2nn(CC3CCN(S(C)(=O)=O)CC3)cc2c1=O. The van der Waals surface area contributed by atoms with Crippen LogP contribution in [0.2, 0.25) is 0 Å². The zero-order valence-electron chi connectivity index (χ0n) is 19.1. The van der Waals surface area contributed by atoms with E-state index in [0.717, 1.165) is 29.7 Å². The first kappa shape index (κ1) is 22.2. The molecule has 8 nitrogen and oxygen atoms in total. The summed E-state index contributed by atoms with van der Waals surface area (Å²) in [6.07, 6.45) is 8.94. The van der Waals surface area contributed by atoms with Crippen molar-refractivity contribution in [3.8, 4) is 16.9 Å². The zero-order valence-corrected chi connectivity index (χ0v) is 19.9. The molecule has 3 heterocycles. The van der Waals surface area contributed by atoms with Gasteiger partial charge in [0.1, 0.15) is 11.3 Å². The van der Waals surface area contributed by atoms with Gasteiger partial charge in [-0.25, -0.2) is 12.7 Å². The van der Waals surface area contributed by atoms with Gasteiger partial charge in [0, 0.05) is 50.2 Å². The first-order valence-corrected chi connectivity index (χ1v) is 13.4. The lowest BCUT2D eigenvalue weighted by Gasteiger charge is -2.30. The third-order valence-corrected chi connectivity index (χ3v) is 8.03. The lowest BCUT2D eigenvalue weighted by Crippen LogP contribution is -2.38. The highest BCUT2D eigenvalue weighted by Crippen LogP contribution is 2.36. The Hall–Kier alpha value is -2.65. The highest BCUT2D eigenvalue weighted by Gasteiger charge is 2.26. The molecule has 0 amide bonds. The van der Waals surface area contributed by atoms with Crippen LogP contribution >= 0.6 is 0 Å². The molecule has 2 fully saturated rings. The summed E-state index contributed by atoms with van der Waals surface area (Å²) < 4.78 is 34.7. The molecule has 1 saturated heterocycles. The first-order chi connectivity index (χ1) is 15.8. The summed E-state index contributed by atoms with van der Waals surface area (Å²) in [5.41, 5.74) is 2.41. The number of piperidine rings is 1. The minimum absolute atomic E-state index is 0.0803. The zero-order chi connectivity index (χ0) is 23.2. The molecule has 0 radical (unpaired) electrons. The lowest BCUT2D eigenvalue weighted by atomic mass is 9.98. The number of rotatable bonds is 7. The topological polar surface area (TPSA) is 86.4 Å². The van der Waals surface area contributed by atoms with Crippen molar-refractivity contribution in [3.05, 3.63) is 47.0 Å². The third kappa shape index (κ3) is 4.70. The van der Waals surface area contributed by atoms with Crippen molar-refractivity contribution in [2.45, 2.75) is 32.2 Å². The molecular weight excluding hydrogens is 440 g/mol. The van der Waals surface area contributed by atoms with Gasteiger partial charge in [0.15, 0.2) is 0 Å². The van der Waals surface area contributed by atoms with Crippen LogP contribution in [-0.2, 0) is 23.6 Å². The average molecular weight is 471 g/mol. The van der Waals surface area contributed by atoms with Gasteiger partial charge in [-0.05, 0) is 43.6 Å². The van der Waals surface area contributed by atoms with Crippen molar-refractivity contribution in [3.63, 3.8) is 0 Å². The van der Waals surface area contributed by atoms with E-state index in [1.54, 1.807) is 11.6 Å². The second-order valence-corrected chi connectivity index (χ2v) is 11.4. The fraction of sp³-hybridized carbons (Fsp3) is 0.500. The van der Waals surface area contributed by atoms with Gasteiger partial charge in [-0.15, -0.1) is 0 Å². The molecule has 1 saturated carbocycles. The van der Waals surface area contributed by atoms with E-state index in [1.807, 2.05) is 41.3 Å². The average Bonchev–Trinajstić information content (AvgIpc) is 3.53. The quantitative estimate of drug-likeness (QED) is 0.530. The van der Waals surface area contributed by atoms with Gasteiger partial charge >= 0.3 is 0 Å². The highest BCUT2D eigenvalue weighted by molar-refractivity contribution is 7.88. The van der Waals surface area contributed by atoms with Gasteiger partial charge in [0.2, 0.25) is 10.0 Å². The predicted molar refractivity (Wildman–Crippen MR) is 128 cm³/mol. The standard InChI is InChI=1S/C24H30N4O4S/c1-26-14-20(19-5-3-4-6-22(19)32-16-18-7-8-18)23-21(24(26)29)15-27(25-23)13-17-9-11-28(12-10-17)33(2,30)31/h3-6,14-15,17-18H,7-13,16H2,1-2H3. The molecule has 0 spiro atoms. The minimum atomic E-state index is -3.14. The molecule has 1 aliphatic carbocycles. The Morgan fingerprint density at radius 1 is 1.03 bits per heavy atom. The molecule has 5 rings (SSSR count). The fourth-order valence-corrected chi connectivity index (χ4v) is 5.44. The van der Waals surface area contributed by atoms with E-state index in [0.29, 0.717) is 49.0 Å². The van der Waals surface area contributed by atoms with Crippen LogP contribution in [0.25, 0.3) is 22.0 Å². The smallest absolute Gasteiger partial charge is 0.261 e. The molecule has 1 aliphatic heterocycles. The maximum Gasteiger partial charge on any atom is 0.261 e. The Morgan fingerprint density at radius 3 is 2.45 bits per heavy atom. The summed E-state index contributed by atoms with van der Waals surface area (Å²) in [5.74, 6) is 1.78. The van der Waals surface area contributed by atoms with E-state index >= 15 is 0 Å².